The van der Waals surface area contributed by atoms with E-state index < -0.39 is 0 Å². The number of fused-ring (bicyclic) bond motifs is 7. The zero-order valence-electron chi connectivity index (χ0n) is 36.1. The molecule has 0 saturated carbocycles. The second-order valence-electron chi connectivity index (χ2n) is 17.7. The predicted octanol–water partition coefficient (Wildman–Crippen LogP) is 14.6. The van der Waals surface area contributed by atoms with Gasteiger partial charge < -0.3 is 0 Å². The van der Waals surface area contributed by atoms with Crippen LogP contribution >= 0.6 is 0 Å². The Balaban J connectivity index is 1.03. The second kappa shape index (κ2) is 15.4. The maximum absolute atomic E-state index is 6.72. The van der Waals surface area contributed by atoms with Crippen molar-refractivity contribution in [1.29, 1.82) is 0 Å². The fourth-order valence-corrected chi connectivity index (χ4v) is 10.8. The Morgan fingerprint density at radius 2 is 1.23 bits per heavy atom. The molecule has 11 aromatic rings. The summed E-state index contributed by atoms with van der Waals surface area (Å²) in [5.74, 6) is 2.05. The third kappa shape index (κ3) is 6.56. The van der Waals surface area contributed by atoms with Crippen LogP contribution in [0.25, 0.3) is 83.4 Å². The number of hydrogen-bond acceptors (Lipinski definition) is 2. The zero-order chi connectivity index (χ0) is 43.8. The Morgan fingerprint density at radius 3 is 2.02 bits per heavy atom. The van der Waals surface area contributed by atoms with E-state index in [0.717, 1.165) is 60.3 Å². The molecule has 1 aliphatic carbocycles. The fourth-order valence-electron chi connectivity index (χ4n) is 9.73. The number of pyridine rings is 1. The average molecular weight is 1020 g/mol. The summed E-state index contributed by atoms with van der Waals surface area (Å²) in [6.07, 6.45) is 2.77. The summed E-state index contributed by atoms with van der Waals surface area (Å²) in [5.41, 5.74) is 17.4. The molecular weight excluding hydrogens is 976 g/mol. The van der Waals surface area contributed by atoms with Crippen LogP contribution in [0.5, 0.6) is 11.5 Å². The number of ether oxygens (including phenoxy) is 1. The Labute approximate surface area is 388 Å². The number of imidazole rings is 1. The Bertz CT molecular complexity index is 3720. The van der Waals surface area contributed by atoms with Crippen LogP contribution in [-0.2, 0) is 31.2 Å². The molecule has 3 aromatic heterocycles. The summed E-state index contributed by atoms with van der Waals surface area (Å²) in [6.45, 7) is 6.69. The third-order valence-corrected chi connectivity index (χ3v) is 13.8. The number of rotatable bonds is 7. The van der Waals surface area contributed by atoms with Crippen LogP contribution in [0.3, 0.4) is 0 Å². The minimum atomic E-state index is -0.0282. The molecule has 65 heavy (non-hydrogen) atoms. The van der Waals surface area contributed by atoms with Gasteiger partial charge in [-0.1, -0.05) is 32.9 Å². The van der Waals surface area contributed by atoms with Crippen molar-refractivity contribution in [2.24, 2.45) is 0 Å². The van der Waals surface area contributed by atoms with Crippen molar-refractivity contribution in [3.63, 3.8) is 0 Å². The molecule has 316 valence electrons. The Kier molecular flexibility index (Phi) is 9.33. The van der Waals surface area contributed by atoms with Crippen LogP contribution in [0.15, 0.2) is 188 Å². The van der Waals surface area contributed by atoms with Crippen LogP contribution in [-0.4, -0.2) is 18.7 Å². The maximum atomic E-state index is 6.72. The summed E-state index contributed by atoms with van der Waals surface area (Å²) in [5, 5.41) is 2.23. The second-order valence-corrected chi connectivity index (χ2v) is 18.7. The summed E-state index contributed by atoms with van der Waals surface area (Å²) in [7, 11) is 0. The SMILES string of the molecule is CC(C)(C)c1ccnc(-n2c3[c-]c(Oc4[c-]c(-n5[c](=[Pt])n(-c6c(-c7ccccc7)cc7c(c6-c6ccccc6)Cc6ccccc6-7)c6ccccc65)ccc4)ccc3c3ccccc32)c1. The Hall–Kier alpha value is -7.33. The van der Waals surface area contributed by atoms with Gasteiger partial charge in [0.05, 0.1) is 0 Å². The molecular formula is C59H42N4OPt-2. The van der Waals surface area contributed by atoms with Crippen molar-refractivity contribution in [1.82, 2.24) is 18.7 Å². The number of aromatic nitrogens is 4. The molecule has 0 bridgehead atoms. The van der Waals surface area contributed by atoms with Gasteiger partial charge in [0.1, 0.15) is 0 Å². The van der Waals surface area contributed by atoms with Crippen LogP contribution in [0.2, 0.25) is 0 Å². The minimum absolute atomic E-state index is 0.0282. The van der Waals surface area contributed by atoms with Crippen LogP contribution in [0.4, 0.5) is 0 Å². The summed E-state index contributed by atoms with van der Waals surface area (Å²) in [4.78, 5) is 4.87. The van der Waals surface area contributed by atoms with Gasteiger partial charge in [0.15, 0.2) is 0 Å². The van der Waals surface area contributed by atoms with E-state index in [0.29, 0.717) is 11.5 Å². The summed E-state index contributed by atoms with van der Waals surface area (Å²) in [6, 6.07) is 72.1. The quantitative estimate of drug-likeness (QED) is 0.149. The summed E-state index contributed by atoms with van der Waals surface area (Å²) >= 11 is 2.52. The van der Waals surface area contributed by atoms with Gasteiger partial charge in [-0.3, -0.25) is 0 Å². The first-order chi connectivity index (χ1) is 31.8. The molecule has 0 spiro atoms. The van der Waals surface area contributed by atoms with E-state index in [2.05, 4.69) is 230 Å². The topological polar surface area (TPSA) is 36.9 Å². The molecule has 8 aromatic carbocycles. The Morgan fingerprint density at radius 1 is 0.554 bits per heavy atom. The number of para-hydroxylation sites is 3. The van der Waals surface area contributed by atoms with E-state index in [1.54, 1.807) is 0 Å². The van der Waals surface area contributed by atoms with Crippen molar-refractivity contribution < 1.29 is 24.1 Å². The molecule has 1 aliphatic rings. The summed E-state index contributed by atoms with van der Waals surface area (Å²) < 4.78 is 14.7. The number of hydrogen-bond donors (Lipinski definition) is 0. The van der Waals surface area contributed by atoms with Gasteiger partial charge in [0.25, 0.3) is 0 Å². The van der Waals surface area contributed by atoms with E-state index >= 15 is 0 Å². The van der Waals surface area contributed by atoms with Crippen molar-refractivity contribution >= 4 is 32.8 Å². The van der Waals surface area contributed by atoms with Gasteiger partial charge in [-0.2, -0.15) is 0 Å². The normalized spacial score (nSPS) is 12.3. The van der Waals surface area contributed by atoms with Gasteiger partial charge >= 0.3 is 335 Å². The van der Waals surface area contributed by atoms with Crippen molar-refractivity contribution in [2.75, 3.05) is 0 Å². The van der Waals surface area contributed by atoms with Crippen molar-refractivity contribution in [3.05, 3.63) is 221 Å². The molecule has 0 radical (unpaired) electrons. The third-order valence-electron chi connectivity index (χ3n) is 12.8. The van der Waals surface area contributed by atoms with Gasteiger partial charge in [0.2, 0.25) is 0 Å². The predicted molar refractivity (Wildman–Crippen MR) is 260 cm³/mol. The fraction of sp³-hybridized carbons (Fsp3) is 0.0847. The van der Waals surface area contributed by atoms with E-state index in [9.17, 15) is 0 Å². The van der Waals surface area contributed by atoms with E-state index in [1.165, 1.54) is 50.1 Å². The molecule has 6 heteroatoms. The average Bonchev–Trinajstić information content (AvgIpc) is 3.97. The van der Waals surface area contributed by atoms with E-state index in [1.807, 2.05) is 24.4 Å². The molecule has 0 aliphatic heterocycles. The van der Waals surface area contributed by atoms with Gasteiger partial charge in [0, 0.05) is 6.20 Å². The molecule has 0 fully saturated rings. The molecule has 0 saturated heterocycles. The van der Waals surface area contributed by atoms with Crippen LogP contribution < -0.4 is 4.74 Å². The monoisotopic (exact) mass is 1020 g/mol. The van der Waals surface area contributed by atoms with Gasteiger partial charge in [-0.25, -0.2) is 0 Å². The van der Waals surface area contributed by atoms with Crippen LogP contribution in [0.1, 0.15) is 37.5 Å². The first-order valence-corrected chi connectivity index (χ1v) is 23.1. The molecule has 0 unspecified atom stereocenters. The molecule has 0 N–H and O–H groups in total. The van der Waals surface area contributed by atoms with E-state index in [4.69, 9.17) is 9.72 Å². The van der Waals surface area contributed by atoms with Crippen molar-refractivity contribution in [3.8, 4) is 62.1 Å². The molecule has 0 atom stereocenters. The molecule has 3 heterocycles. The molecule has 5 nitrogen and oxygen atoms in total. The van der Waals surface area contributed by atoms with Crippen molar-refractivity contribution in [2.45, 2.75) is 32.6 Å². The van der Waals surface area contributed by atoms with Gasteiger partial charge in [-0.15, -0.1) is 0 Å². The molecule has 0 amide bonds. The van der Waals surface area contributed by atoms with Gasteiger partial charge in [-0.05, 0) is 17.0 Å². The number of benzene rings is 8. The van der Waals surface area contributed by atoms with E-state index in [-0.39, 0.29) is 5.41 Å². The molecule has 12 rings (SSSR count). The zero-order valence-corrected chi connectivity index (χ0v) is 38.4. The van der Waals surface area contributed by atoms with Crippen LogP contribution in [0, 0.1) is 15.9 Å². The first-order valence-electron chi connectivity index (χ1n) is 22.0. The standard InChI is InChI=1S/C59H42N4O.Pt/c1-59(2,3)42-31-32-60-56(34-42)63-52-26-13-12-25-47(52)48-30-29-45(36-55(48)63)64-44-23-16-22-43(35-44)61-38-62(54-28-15-14-27-53(54)61)58-49(39-17-6-4-7-18-39)37-50-46-24-11-10-21-41(46)33-51(50)57(58)40-19-8-5-9-20-40;/h4-32,34,37H,33H2,1-3H3;/q-2;. The first kappa shape index (κ1) is 39.3. The number of nitrogens with zero attached hydrogens (tertiary/aromatic N) is 4.